The molecule has 0 fully saturated rings. The van der Waals surface area contributed by atoms with E-state index in [2.05, 4.69) is 36.7 Å². The predicted molar refractivity (Wildman–Crippen MR) is 136 cm³/mol. The quantitative estimate of drug-likeness (QED) is 0.184. The molecule has 8 heteroatoms. The van der Waals surface area contributed by atoms with Crippen LogP contribution in [0.2, 0.25) is 0 Å². The highest BCUT2D eigenvalue weighted by molar-refractivity contribution is 7.98. The number of benzene rings is 2. The number of para-hydroxylation sites is 2. The molecule has 35 heavy (non-hydrogen) atoms. The van der Waals surface area contributed by atoms with Crippen molar-refractivity contribution in [1.82, 2.24) is 14.8 Å². The number of hydrogen-bond acceptors (Lipinski definition) is 7. The van der Waals surface area contributed by atoms with Crippen molar-refractivity contribution in [2.24, 2.45) is 0 Å². The second-order valence-electron chi connectivity index (χ2n) is 8.84. The molecule has 1 atom stereocenters. The Labute approximate surface area is 207 Å². The number of allylic oxidation sites excluding steroid dienone is 1. The van der Waals surface area contributed by atoms with Crippen LogP contribution in [0.1, 0.15) is 48.4 Å². The maximum Gasteiger partial charge on any atom is 0.336 e. The van der Waals surface area contributed by atoms with Gasteiger partial charge < -0.3 is 13.9 Å². The number of ether oxygens (including phenoxy) is 2. The lowest BCUT2D eigenvalue weighted by Gasteiger charge is -2.26. The third kappa shape index (κ3) is 4.58. The number of thioether (sulfide) groups is 1. The molecule has 0 saturated carbocycles. The monoisotopic (exact) mass is 489 g/mol. The number of rotatable bonds is 7. The average molecular weight is 490 g/mol. The molecule has 2 aromatic carbocycles. The molecule has 7 nitrogen and oxygen atoms in total. The van der Waals surface area contributed by atoms with Gasteiger partial charge in [-0.3, -0.25) is 4.57 Å². The minimum Gasteiger partial charge on any atom is -0.485 e. The van der Waals surface area contributed by atoms with Crippen LogP contribution in [0, 0.1) is 6.92 Å². The molecular formula is C27H27N3O4S. The van der Waals surface area contributed by atoms with E-state index in [1.807, 2.05) is 41.8 Å². The first-order valence-electron chi connectivity index (χ1n) is 11.6. The van der Waals surface area contributed by atoms with Gasteiger partial charge in [-0.2, -0.15) is 0 Å². The lowest BCUT2D eigenvalue weighted by Crippen LogP contribution is -2.25. The van der Waals surface area contributed by atoms with Crippen molar-refractivity contribution in [3.05, 3.63) is 88.1 Å². The van der Waals surface area contributed by atoms with Gasteiger partial charge in [0.2, 0.25) is 0 Å². The molecule has 2 aromatic heterocycles. The summed E-state index contributed by atoms with van der Waals surface area (Å²) < 4.78 is 19.5. The molecule has 3 heterocycles. The Morgan fingerprint density at radius 2 is 2.00 bits per heavy atom. The maximum atomic E-state index is 12.3. The van der Waals surface area contributed by atoms with Crippen LogP contribution in [0.3, 0.4) is 0 Å². The Morgan fingerprint density at radius 3 is 2.77 bits per heavy atom. The SMILES string of the molecule is C=CCn1c(SCc2cc(=O)oc3cc(C)c(C(C)C)cc23)nnc1C1COc2ccccc2O1. The fraction of sp³-hybridized carbons (Fsp3) is 0.296. The van der Waals surface area contributed by atoms with Gasteiger partial charge in [0.25, 0.3) is 0 Å². The molecular weight excluding hydrogens is 462 g/mol. The van der Waals surface area contributed by atoms with Crippen molar-refractivity contribution in [2.45, 2.75) is 50.2 Å². The van der Waals surface area contributed by atoms with E-state index in [1.54, 1.807) is 12.1 Å². The van der Waals surface area contributed by atoms with Gasteiger partial charge in [-0.1, -0.05) is 43.8 Å². The molecule has 0 radical (unpaired) electrons. The maximum absolute atomic E-state index is 12.3. The van der Waals surface area contributed by atoms with Gasteiger partial charge in [0, 0.05) is 23.8 Å². The zero-order valence-electron chi connectivity index (χ0n) is 20.0. The fourth-order valence-electron chi connectivity index (χ4n) is 4.37. The van der Waals surface area contributed by atoms with E-state index in [1.165, 1.54) is 17.3 Å². The molecule has 0 amide bonds. The molecule has 1 aliphatic rings. The largest absolute Gasteiger partial charge is 0.485 e. The van der Waals surface area contributed by atoms with Crippen LogP contribution in [0.4, 0.5) is 0 Å². The highest BCUT2D eigenvalue weighted by atomic mass is 32.2. The van der Waals surface area contributed by atoms with Crippen molar-refractivity contribution in [2.75, 3.05) is 6.61 Å². The third-order valence-electron chi connectivity index (χ3n) is 6.05. The molecule has 0 bridgehead atoms. The van der Waals surface area contributed by atoms with Gasteiger partial charge in [0.1, 0.15) is 12.2 Å². The lowest BCUT2D eigenvalue weighted by molar-refractivity contribution is 0.0821. The van der Waals surface area contributed by atoms with Gasteiger partial charge in [0.15, 0.2) is 28.6 Å². The van der Waals surface area contributed by atoms with Gasteiger partial charge in [-0.05, 0) is 53.8 Å². The Balaban J connectivity index is 1.45. The van der Waals surface area contributed by atoms with Gasteiger partial charge in [-0.15, -0.1) is 16.8 Å². The van der Waals surface area contributed by atoms with Crippen molar-refractivity contribution >= 4 is 22.7 Å². The van der Waals surface area contributed by atoms with E-state index in [4.69, 9.17) is 13.9 Å². The summed E-state index contributed by atoms with van der Waals surface area (Å²) in [4.78, 5) is 12.3. The smallest absolute Gasteiger partial charge is 0.336 e. The van der Waals surface area contributed by atoms with E-state index in [9.17, 15) is 4.79 Å². The van der Waals surface area contributed by atoms with Crippen LogP contribution >= 0.6 is 11.8 Å². The Morgan fingerprint density at radius 1 is 1.20 bits per heavy atom. The zero-order valence-corrected chi connectivity index (χ0v) is 20.8. The van der Waals surface area contributed by atoms with E-state index >= 15 is 0 Å². The predicted octanol–water partition coefficient (Wildman–Crippen LogP) is 5.81. The van der Waals surface area contributed by atoms with Crippen molar-refractivity contribution in [1.29, 1.82) is 0 Å². The standard InChI is InChI=1S/C27H27N3O4S/c1-5-10-30-26(24-14-32-21-8-6-7-9-22(21)33-24)28-29-27(30)35-15-18-12-25(31)34-23-11-17(4)19(16(2)3)13-20(18)23/h5-9,11-13,16,24H,1,10,14-15H2,2-4H3. The molecule has 1 aliphatic heterocycles. The number of aryl methyl sites for hydroxylation is 1. The van der Waals surface area contributed by atoms with E-state index < -0.39 is 0 Å². The van der Waals surface area contributed by atoms with E-state index in [0.717, 1.165) is 27.4 Å². The first-order valence-corrected chi connectivity index (χ1v) is 12.6. The summed E-state index contributed by atoms with van der Waals surface area (Å²) >= 11 is 1.52. The molecule has 4 aromatic rings. The van der Waals surface area contributed by atoms with Crippen LogP contribution < -0.4 is 15.1 Å². The van der Waals surface area contributed by atoms with Crippen LogP contribution in [0.25, 0.3) is 11.0 Å². The van der Waals surface area contributed by atoms with E-state index in [0.29, 0.717) is 42.0 Å². The molecule has 180 valence electrons. The Kier molecular flexibility index (Phi) is 6.38. The minimum absolute atomic E-state index is 0.346. The van der Waals surface area contributed by atoms with Gasteiger partial charge in [0.05, 0.1) is 0 Å². The summed E-state index contributed by atoms with van der Waals surface area (Å²) in [6, 6.07) is 13.2. The lowest BCUT2D eigenvalue weighted by atomic mass is 9.95. The molecule has 0 saturated heterocycles. The number of fused-ring (bicyclic) bond motifs is 2. The summed E-state index contributed by atoms with van der Waals surface area (Å²) in [7, 11) is 0. The minimum atomic E-state index is -0.382. The molecule has 0 spiro atoms. The van der Waals surface area contributed by atoms with Crippen LogP contribution in [0.5, 0.6) is 11.5 Å². The summed E-state index contributed by atoms with van der Waals surface area (Å²) in [5, 5.41) is 10.5. The van der Waals surface area contributed by atoms with Crippen LogP contribution in [0.15, 0.2) is 69.5 Å². The highest BCUT2D eigenvalue weighted by Crippen LogP contribution is 2.36. The summed E-state index contributed by atoms with van der Waals surface area (Å²) in [6.45, 7) is 11.1. The second kappa shape index (κ2) is 9.62. The highest BCUT2D eigenvalue weighted by Gasteiger charge is 2.28. The van der Waals surface area contributed by atoms with Gasteiger partial charge >= 0.3 is 5.63 Å². The number of nitrogens with zero attached hydrogens (tertiary/aromatic N) is 3. The summed E-state index contributed by atoms with van der Waals surface area (Å²) in [5.74, 6) is 3.00. The van der Waals surface area contributed by atoms with Crippen LogP contribution in [-0.4, -0.2) is 21.4 Å². The Bertz CT molecular complexity index is 1460. The summed E-state index contributed by atoms with van der Waals surface area (Å²) in [6.07, 6.45) is 1.42. The molecule has 0 N–H and O–H groups in total. The molecule has 5 rings (SSSR count). The normalized spacial score (nSPS) is 15.0. The molecule has 0 aliphatic carbocycles. The van der Waals surface area contributed by atoms with E-state index in [-0.39, 0.29) is 11.7 Å². The number of hydrogen-bond donors (Lipinski definition) is 0. The first kappa shape index (κ1) is 23.2. The number of aromatic nitrogens is 3. The van der Waals surface area contributed by atoms with Crippen molar-refractivity contribution < 1.29 is 13.9 Å². The Hall–Kier alpha value is -3.52. The second-order valence-corrected chi connectivity index (χ2v) is 9.79. The van der Waals surface area contributed by atoms with Gasteiger partial charge in [-0.25, -0.2) is 4.79 Å². The first-order chi connectivity index (χ1) is 16.9. The average Bonchev–Trinajstić information content (AvgIpc) is 3.24. The van der Waals surface area contributed by atoms with Crippen LogP contribution in [-0.2, 0) is 12.3 Å². The third-order valence-corrected chi connectivity index (χ3v) is 7.06. The molecule has 1 unspecified atom stereocenters. The zero-order chi connectivity index (χ0) is 24.5. The fourth-order valence-corrected chi connectivity index (χ4v) is 5.31. The summed E-state index contributed by atoms with van der Waals surface area (Å²) in [5.41, 5.74) is 3.51. The van der Waals surface area contributed by atoms with Crippen molar-refractivity contribution in [3.8, 4) is 11.5 Å². The topological polar surface area (TPSA) is 79.4 Å². The van der Waals surface area contributed by atoms with Crippen molar-refractivity contribution in [3.63, 3.8) is 0 Å².